The third-order valence-electron chi connectivity index (χ3n) is 4.99. The number of nitrogens with zero attached hydrogens (tertiary/aromatic N) is 1. The number of anilines is 1. The van der Waals surface area contributed by atoms with E-state index in [4.69, 9.17) is 5.73 Å². The molecule has 1 aliphatic rings. The minimum atomic E-state index is -1.19. The van der Waals surface area contributed by atoms with Gasteiger partial charge in [0.25, 0.3) is 17.4 Å². The van der Waals surface area contributed by atoms with Crippen LogP contribution in [0, 0.1) is 0 Å². The first-order chi connectivity index (χ1) is 15.2. The molecule has 9 nitrogen and oxygen atoms in total. The lowest BCUT2D eigenvalue weighted by Crippen LogP contribution is -2.27. The second-order valence-corrected chi connectivity index (χ2v) is 7.91. The first kappa shape index (κ1) is 21.2. The van der Waals surface area contributed by atoms with Crippen LogP contribution in [0.1, 0.15) is 42.2 Å². The van der Waals surface area contributed by atoms with Crippen molar-refractivity contribution in [1.82, 2.24) is 9.88 Å². The van der Waals surface area contributed by atoms with E-state index < -0.39 is 35.5 Å². The van der Waals surface area contributed by atoms with Crippen LogP contribution in [0.15, 0.2) is 57.8 Å². The smallest absolute Gasteiger partial charge is 0.307 e. The molecular formula is C22H14BrN3O6. The molecule has 4 rings (SSSR count). The average Bonchev–Trinajstić information content (AvgIpc) is 3.01. The number of halogens is 1. The molecule has 0 bridgehead atoms. The number of ketones is 1. The molecule has 0 spiro atoms. The number of carboxylic acid groups (broad SMARTS) is 1. The summed E-state index contributed by atoms with van der Waals surface area (Å²) in [6, 6.07) is 11.8. The third kappa shape index (κ3) is 3.50. The number of aliphatic carboxylic acids is 1. The predicted molar refractivity (Wildman–Crippen MR) is 117 cm³/mol. The number of carbonyl (C=O) groups excluding carboxylic acids is 3. The van der Waals surface area contributed by atoms with E-state index in [-0.39, 0.29) is 33.8 Å². The topological polar surface area (TPSA) is 149 Å². The van der Waals surface area contributed by atoms with Gasteiger partial charge < -0.3 is 10.8 Å². The average molecular weight is 496 g/mol. The number of imide groups is 1. The van der Waals surface area contributed by atoms with Gasteiger partial charge in [0.05, 0.1) is 23.2 Å². The number of nitrogens with two attached hydrogens (primary N) is 1. The Balaban J connectivity index is 2.03. The van der Waals surface area contributed by atoms with E-state index in [1.165, 1.54) is 18.2 Å². The summed E-state index contributed by atoms with van der Waals surface area (Å²) in [5.41, 5.74) is 5.36. The first-order valence-electron chi connectivity index (χ1n) is 9.24. The number of amides is 2. The molecule has 0 saturated heterocycles. The normalized spacial score (nSPS) is 12.4. The number of carbonyl (C=O) groups is 4. The molecule has 10 heteroatoms. The summed E-state index contributed by atoms with van der Waals surface area (Å²) in [5.74, 6) is -3.58. The van der Waals surface area contributed by atoms with Crippen LogP contribution in [-0.2, 0) is 11.2 Å². The second-order valence-electron chi connectivity index (χ2n) is 6.99. The fourth-order valence-corrected chi connectivity index (χ4v) is 3.88. The summed E-state index contributed by atoms with van der Waals surface area (Å²) < 4.78 is 1.66. The lowest BCUT2D eigenvalue weighted by Gasteiger charge is -2.18. The van der Waals surface area contributed by atoms with Crippen molar-refractivity contribution in [2.24, 2.45) is 0 Å². The van der Waals surface area contributed by atoms with E-state index in [2.05, 4.69) is 21.2 Å². The molecule has 3 aromatic rings. The molecule has 0 fully saturated rings. The highest BCUT2D eigenvalue weighted by atomic mass is 79.9. The van der Waals surface area contributed by atoms with Crippen molar-refractivity contribution in [3.63, 3.8) is 0 Å². The summed E-state index contributed by atoms with van der Waals surface area (Å²) in [6.07, 6.45) is -0.509. The molecule has 0 radical (unpaired) electrons. The number of para-hydroxylation sites is 1. The quantitative estimate of drug-likeness (QED) is 0.361. The summed E-state index contributed by atoms with van der Waals surface area (Å²) in [5, 5.41) is 11.4. The Hall–Kier alpha value is -4.05. The Labute approximate surface area is 188 Å². The Bertz CT molecular complexity index is 1390. The highest BCUT2D eigenvalue weighted by Gasteiger charge is 2.33. The van der Waals surface area contributed by atoms with Gasteiger partial charge in [0.15, 0.2) is 5.78 Å². The molecule has 2 aromatic carbocycles. The van der Waals surface area contributed by atoms with Crippen molar-refractivity contribution in [2.45, 2.75) is 6.42 Å². The van der Waals surface area contributed by atoms with Gasteiger partial charge in [0.2, 0.25) is 0 Å². The summed E-state index contributed by atoms with van der Waals surface area (Å²) >= 11 is 3.29. The van der Waals surface area contributed by atoms with Crippen LogP contribution in [0.3, 0.4) is 0 Å². The number of carboxylic acids is 1. The van der Waals surface area contributed by atoms with Crippen LogP contribution in [0.4, 0.5) is 5.82 Å². The van der Waals surface area contributed by atoms with E-state index in [1.54, 1.807) is 24.3 Å². The first-order valence-corrected chi connectivity index (χ1v) is 10.0. The van der Waals surface area contributed by atoms with E-state index in [9.17, 15) is 29.1 Å². The van der Waals surface area contributed by atoms with Crippen LogP contribution in [0.25, 0.3) is 5.69 Å². The number of aromatic nitrogens is 1. The Morgan fingerprint density at radius 1 is 1.03 bits per heavy atom. The van der Waals surface area contributed by atoms with Gasteiger partial charge in [-0.2, -0.15) is 0 Å². The lowest BCUT2D eigenvalue weighted by molar-refractivity contribution is -0.136. The lowest BCUT2D eigenvalue weighted by atomic mass is 9.96. The zero-order chi connectivity index (χ0) is 23.2. The molecule has 4 N–H and O–H groups in total. The summed E-state index contributed by atoms with van der Waals surface area (Å²) in [7, 11) is 0. The van der Waals surface area contributed by atoms with E-state index >= 15 is 0 Å². The van der Waals surface area contributed by atoms with Crippen molar-refractivity contribution < 1.29 is 24.3 Å². The van der Waals surface area contributed by atoms with Gasteiger partial charge in [0.1, 0.15) is 5.82 Å². The zero-order valence-corrected chi connectivity index (χ0v) is 17.8. The maximum Gasteiger partial charge on any atom is 0.307 e. The zero-order valence-electron chi connectivity index (χ0n) is 16.2. The van der Waals surface area contributed by atoms with E-state index in [1.807, 2.05) is 0 Å². The van der Waals surface area contributed by atoms with E-state index in [0.717, 1.165) is 15.1 Å². The second kappa shape index (κ2) is 7.89. The Morgan fingerprint density at radius 2 is 1.72 bits per heavy atom. The van der Waals surface area contributed by atoms with E-state index in [0.29, 0.717) is 5.56 Å². The molecule has 0 unspecified atom stereocenters. The van der Waals surface area contributed by atoms with Gasteiger partial charge in [-0.3, -0.25) is 33.9 Å². The summed E-state index contributed by atoms with van der Waals surface area (Å²) in [4.78, 5) is 61.9. The fourth-order valence-electron chi connectivity index (χ4n) is 3.61. The number of hydrogen-bond donors (Lipinski definition) is 3. The SMILES string of the molecule is Nc1c2c(cc(=O)n1-c1c(CC(=O)O)cccc1C(=O)c1ccc(Br)cc1)C(=O)NC2=O. The van der Waals surface area contributed by atoms with Crippen LogP contribution >= 0.6 is 15.9 Å². The third-order valence-corrected chi connectivity index (χ3v) is 5.52. The molecule has 1 aliphatic heterocycles. The number of rotatable bonds is 5. The van der Waals surface area contributed by atoms with Crippen molar-refractivity contribution in [1.29, 1.82) is 0 Å². The fraction of sp³-hybridized carbons (Fsp3) is 0.0455. The highest BCUT2D eigenvalue weighted by molar-refractivity contribution is 9.10. The van der Waals surface area contributed by atoms with Gasteiger partial charge in [-0.15, -0.1) is 0 Å². The minimum absolute atomic E-state index is 0.0181. The maximum atomic E-state index is 13.3. The Kier molecular flexibility index (Phi) is 5.23. The van der Waals surface area contributed by atoms with Crippen molar-refractivity contribution in [2.75, 3.05) is 5.73 Å². The molecule has 0 saturated carbocycles. The standard InChI is InChI=1S/C22H14BrN3O6/c23-12-6-4-10(5-7-12)19(30)13-3-1-2-11(8-16(28)29)18(13)26-15(27)9-14-17(20(26)24)22(32)25-21(14)31/h1-7,9H,8,24H2,(H,28,29)(H,25,31,32). The van der Waals surface area contributed by atoms with Gasteiger partial charge >= 0.3 is 5.97 Å². The van der Waals surface area contributed by atoms with Gasteiger partial charge in [-0.05, 0) is 35.9 Å². The molecule has 2 amide bonds. The number of nitrogens with one attached hydrogen (secondary N) is 1. The molecule has 0 aliphatic carbocycles. The van der Waals surface area contributed by atoms with Crippen molar-refractivity contribution >= 4 is 45.3 Å². The molecule has 1 aromatic heterocycles. The van der Waals surface area contributed by atoms with Crippen LogP contribution in [0.5, 0.6) is 0 Å². The van der Waals surface area contributed by atoms with Crippen molar-refractivity contribution in [3.05, 3.63) is 91.2 Å². The van der Waals surface area contributed by atoms with Crippen LogP contribution in [-0.4, -0.2) is 33.2 Å². The number of benzene rings is 2. The Morgan fingerprint density at radius 3 is 2.38 bits per heavy atom. The van der Waals surface area contributed by atoms with Gasteiger partial charge in [-0.25, -0.2) is 0 Å². The molecule has 0 atom stereocenters. The molecule has 32 heavy (non-hydrogen) atoms. The molecule has 2 heterocycles. The number of hydrogen-bond acceptors (Lipinski definition) is 6. The van der Waals surface area contributed by atoms with Gasteiger partial charge in [0, 0.05) is 21.7 Å². The maximum absolute atomic E-state index is 13.3. The van der Waals surface area contributed by atoms with Crippen molar-refractivity contribution in [3.8, 4) is 5.69 Å². The molecular weight excluding hydrogens is 482 g/mol. The number of fused-ring (bicyclic) bond motifs is 1. The van der Waals surface area contributed by atoms with Crippen LogP contribution < -0.4 is 16.6 Å². The predicted octanol–water partition coefficient (Wildman–Crippen LogP) is 1.92. The molecule has 160 valence electrons. The minimum Gasteiger partial charge on any atom is -0.481 e. The van der Waals surface area contributed by atoms with Gasteiger partial charge in [-0.1, -0.05) is 28.1 Å². The largest absolute Gasteiger partial charge is 0.481 e. The number of pyridine rings is 1. The monoisotopic (exact) mass is 495 g/mol. The highest BCUT2D eigenvalue weighted by Crippen LogP contribution is 2.28. The summed E-state index contributed by atoms with van der Waals surface area (Å²) in [6.45, 7) is 0. The number of nitrogen functional groups attached to an aromatic ring is 1. The van der Waals surface area contributed by atoms with Crippen LogP contribution in [0.2, 0.25) is 0 Å².